The van der Waals surface area contributed by atoms with Crippen molar-refractivity contribution >= 4 is 49.2 Å². The van der Waals surface area contributed by atoms with E-state index < -0.39 is 27.7 Å². The van der Waals surface area contributed by atoms with Gasteiger partial charge in [-0.3, -0.25) is 9.59 Å². The molecule has 0 fully saturated rings. The van der Waals surface area contributed by atoms with Gasteiger partial charge in [-0.15, -0.1) is 0 Å². The Morgan fingerprint density at radius 2 is 1.82 bits per heavy atom. The molecule has 3 aromatic rings. The summed E-state index contributed by atoms with van der Waals surface area (Å²) in [5, 5.41) is 0. The van der Waals surface area contributed by atoms with Crippen molar-refractivity contribution in [2.24, 2.45) is 4.99 Å². The molecule has 1 amide bonds. The lowest BCUT2D eigenvalue weighted by Gasteiger charge is -2.06. The van der Waals surface area contributed by atoms with Crippen molar-refractivity contribution in [2.75, 3.05) is 19.5 Å². The van der Waals surface area contributed by atoms with E-state index in [9.17, 15) is 22.8 Å². The highest BCUT2D eigenvalue weighted by Gasteiger charge is 2.21. The molecule has 11 heteroatoms. The van der Waals surface area contributed by atoms with Gasteiger partial charge in [-0.05, 0) is 37.3 Å². The first-order valence-corrected chi connectivity index (χ1v) is 12.5. The number of carbonyl (C=O) groups excluding carboxylic acids is 3. The number of benzene rings is 2. The third kappa shape index (κ3) is 5.20. The molecule has 0 radical (unpaired) electrons. The first-order chi connectivity index (χ1) is 15.7. The van der Waals surface area contributed by atoms with E-state index >= 15 is 0 Å². The van der Waals surface area contributed by atoms with Crippen molar-refractivity contribution in [3.63, 3.8) is 0 Å². The average Bonchev–Trinajstić information content (AvgIpc) is 3.14. The first kappa shape index (κ1) is 24.3. The molecule has 0 atom stereocenters. The normalized spacial score (nSPS) is 12.0. The number of aromatic nitrogens is 1. The monoisotopic (exact) mass is 490 g/mol. The summed E-state index contributed by atoms with van der Waals surface area (Å²) in [4.78, 5) is 41.3. The van der Waals surface area contributed by atoms with Crippen LogP contribution in [0.15, 0.2) is 52.4 Å². The molecular weight excluding hydrogens is 468 g/mol. The minimum atomic E-state index is -3.65. The maximum absolute atomic E-state index is 13.0. The number of hydrogen-bond acceptors (Lipinski definition) is 8. The van der Waals surface area contributed by atoms with Crippen molar-refractivity contribution in [2.45, 2.75) is 25.3 Å². The maximum Gasteiger partial charge on any atom is 0.338 e. The Morgan fingerprint density at radius 1 is 1.09 bits per heavy atom. The molecule has 0 aliphatic rings. The molecule has 33 heavy (non-hydrogen) atoms. The summed E-state index contributed by atoms with van der Waals surface area (Å²) >= 11 is 1.08. The van der Waals surface area contributed by atoms with Crippen LogP contribution in [0.4, 0.5) is 0 Å². The minimum absolute atomic E-state index is 0.0614. The lowest BCUT2D eigenvalue weighted by Crippen LogP contribution is -2.22. The lowest BCUT2D eigenvalue weighted by molar-refractivity contribution is -0.141. The van der Waals surface area contributed by atoms with Crippen molar-refractivity contribution in [3.8, 4) is 0 Å². The lowest BCUT2D eigenvalue weighted by atomic mass is 10.2. The molecule has 0 aliphatic carbocycles. The quantitative estimate of drug-likeness (QED) is 0.467. The number of hydrogen-bond donors (Lipinski definition) is 0. The van der Waals surface area contributed by atoms with Gasteiger partial charge in [0.05, 0.1) is 45.7 Å². The molecule has 0 spiro atoms. The second-order valence-electron chi connectivity index (χ2n) is 6.77. The standard InChI is InChI=1S/C22H22N2O7S2/c1-4-31-21(27)14-10-11-16-17(12-14)32-22(24(16)13-19(25)30-3)23-20(26)15-8-6-7-9-18(15)33(28,29)5-2/h6-12H,4-5,13H2,1-3H3. The second-order valence-corrected chi connectivity index (χ2v) is 10.0. The Kier molecular flexibility index (Phi) is 7.44. The molecule has 1 aromatic heterocycles. The highest BCUT2D eigenvalue weighted by atomic mass is 32.2. The van der Waals surface area contributed by atoms with Gasteiger partial charge in [0, 0.05) is 0 Å². The molecule has 0 bridgehead atoms. The summed E-state index contributed by atoms with van der Waals surface area (Å²) in [6, 6.07) is 10.6. The number of rotatable bonds is 7. The van der Waals surface area contributed by atoms with Gasteiger partial charge < -0.3 is 14.0 Å². The fourth-order valence-electron chi connectivity index (χ4n) is 3.06. The van der Waals surface area contributed by atoms with E-state index in [-0.39, 0.29) is 34.2 Å². The van der Waals surface area contributed by atoms with E-state index in [2.05, 4.69) is 4.99 Å². The first-order valence-electron chi connectivity index (χ1n) is 10.00. The van der Waals surface area contributed by atoms with E-state index in [1.807, 2.05) is 0 Å². The largest absolute Gasteiger partial charge is 0.468 e. The zero-order valence-corrected chi connectivity index (χ0v) is 19.9. The molecule has 0 saturated carbocycles. The third-order valence-electron chi connectivity index (χ3n) is 4.74. The van der Waals surface area contributed by atoms with Crippen LogP contribution in [0.25, 0.3) is 10.2 Å². The summed E-state index contributed by atoms with van der Waals surface area (Å²) < 4.78 is 36.7. The zero-order valence-electron chi connectivity index (χ0n) is 18.2. The highest BCUT2D eigenvalue weighted by Crippen LogP contribution is 2.21. The number of ether oxygens (including phenoxy) is 2. The molecule has 1 heterocycles. The molecule has 0 saturated heterocycles. The smallest absolute Gasteiger partial charge is 0.338 e. The minimum Gasteiger partial charge on any atom is -0.468 e. The van der Waals surface area contributed by atoms with Crippen molar-refractivity contribution in [1.82, 2.24) is 4.57 Å². The van der Waals surface area contributed by atoms with Gasteiger partial charge in [-0.25, -0.2) is 13.2 Å². The van der Waals surface area contributed by atoms with E-state index in [1.165, 1.54) is 36.8 Å². The predicted molar refractivity (Wildman–Crippen MR) is 122 cm³/mol. The number of carbonyl (C=O) groups is 3. The molecule has 3 rings (SSSR count). The number of methoxy groups -OCH3 is 1. The second kappa shape index (κ2) is 10.1. The highest BCUT2D eigenvalue weighted by molar-refractivity contribution is 7.91. The Hall–Kier alpha value is -3.31. The van der Waals surface area contributed by atoms with Crippen LogP contribution < -0.4 is 4.80 Å². The van der Waals surface area contributed by atoms with E-state index in [0.29, 0.717) is 15.8 Å². The van der Waals surface area contributed by atoms with Gasteiger partial charge in [0.15, 0.2) is 14.6 Å². The summed E-state index contributed by atoms with van der Waals surface area (Å²) in [7, 11) is -2.41. The van der Waals surface area contributed by atoms with Gasteiger partial charge in [-0.2, -0.15) is 4.99 Å². The molecular formula is C22H22N2O7S2. The van der Waals surface area contributed by atoms with Crippen molar-refractivity contribution in [3.05, 3.63) is 58.4 Å². The molecule has 0 unspecified atom stereocenters. The Balaban J connectivity index is 2.19. The Labute approximate surface area is 194 Å². The topological polar surface area (TPSA) is 121 Å². The maximum atomic E-state index is 13.0. The summed E-state index contributed by atoms with van der Waals surface area (Å²) in [5.41, 5.74) is 0.807. The van der Waals surface area contributed by atoms with E-state index in [4.69, 9.17) is 9.47 Å². The van der Waals surface area contributed by atoms with Crippen LogP contribution in [0.3, 0.4) is 0 Å². The summed E-state index contributed by atoms with van der Waals surface area (Å²) in [6.07, 6.45) is 0. The zero-order chi connectivity index (χ0) is 24.2. The van der Waals surface area contributed by atoms with Crippen LogP contribution in [-0.4, -0.2) is 50.3 Å². The van der Waals surface area contributed by atoms with Crippen LogP contribution in [-0.2, 0) is 30.7 Å². The molecule has 174 valence electrons. The fraction of sp³-hybridized carbons (Fsp3) is 0.273. The molecule has 0 N–H and O–H groups in total. The van der Waals surface area contributed by atoms with Gasteiger partial charge in [-0.1, -0.05) is 30.4 Å². The summed E-state index contributed by atoms with van der Waals surface area (Å²) in [5.74, 6) is -2.00. The number of thiazole rings is 1. The van der Waals surface area contributed by atoms with Gasteiger partial charge in [0.1, 0.15) is 6.54 Å². The predicted octanol–water partition coefficient (Wildman–Crippen LogP) is 2.59. The fourth-order valence-corrected chi connectivity index (χ4v) is 5.22. The van der Waals surface area contributed by atoms with E-state index in [1.54, 1.807) is 31.2 Å². The van der Waals surface area contributed by atoms with Crippen molar-refractivity contribution in [1.29, 1.82) is 0 Å². The van der Waals surface area contributed by atoms with Gasteiger partial charge in [0.25, 0.3) is 5.91 Å². The SMILES string of the molecule is CCOC(=O)c1ccc2c(c1)sc(=NC(=O)c1ccccc1S(=O)(=O)CC)n2CC(=O)OC. The number of fused-ring (bicyclic) bond motifs is 1. The average molecular weight is 491 g/mol. The summed E-state index contributed by atoms with van der Waals surface area (Å²) in [6.45, 7) is 3.19. The van der Waals surface area contributed by atoms with Crippen LogP contribution in [0.1, 0.15) is 34.6 Å². The van der Waals surface area contributed by atoms with Crippen LogP contribution >= 0.6 is 11.3 Å². The van der Waals surface area contributed by atoms with Gasteiger partial charge >= 0.3 is 11.9 Å². The van der Waals surface area contributed by atoms with Gasteiger partial charge in [0.2, 0.25) is 0 Å². The van der Waals surface area contributed by atoms with Crippen LogP contribution in [0.5, 0.6) is 0 Å². The molecule has 0 aliphatic heterocycles. The number of esters is 2. The van der Waals surface area contributed by atoms with Crippen molar-refractivity contribution < 1.29 is 32.3 Å². The van der Waals surface area contributed by atoms with Crippen LogP contribution in [0, 0.1) is 0 Å². The third-order valence-corrected chi connectivity index (χ3v) is 7.57. The Bertz CT molecular complexity index is 1400. The molecule has 2 aromatic carbocycles. The number of sulfone groups is 1. The number of amides is 1. The number of nitrogens with zero attached hydrogens (tertiary/aromatic N) is 2. The Morgan fingerprint density at radius 3 is 2.48 bits per heavy atom. The molecule has 9 nitrogen and oxygen atoms in total. The van der Waals surface area contributed by atoms with Crippen LogP contribution in [0.2, 0.25) is 0 Å². The van der Waals surface area contributed by atoms with E-state index in [0.717, 1.165) is 11.3 Å².